The van der Waals surface area contributed by atoms with Gasteiger partial charge in [0.2, 0.25) is 0 Å². The van der Waals surface area contributed by atoms with Crippen molar-refractivity contribution >= 4 is 23.0 Å². The predicted molar refractivity (Wildman–Crippen MR) is 122 cm³/mol. The standard InChI is InChI=1S/C15H17NO2.C10H12O3/c1-3-4-10-5-7-12-11(9-10)6-8-13(18-2)14(12)15(16)17;11-6-1-7-13-10-4-2-9(8-12)3-5-10/h5-9H,3-4H2,1-2H3,(H2,16,17);2-5,8,11H,1,6-7H2. The Bertz CT molecular complexity index is 999. The summed E-state index contributed by atoms with van der Waals surface area (Å²) in [5, 5.41) is 10.4. The molecule has 6 nitrogen and oxygen atoms in total. The molecule has 0 bridgehead atoms. The maximum atomic E-state index is 11.5. The van der Waals surface area contributed by atoms with Gasteiger partial charge in [-0.15, -0.1) is 0 Å². The molecule has 3 aromatic carbocycles. The van der Waals surface area contributed by atoms with E-state index in [-0.39, 0.29) is 6.61 Å². The van der Waals surface area contributed by atoms with E-state index in [0.29, 0.717) is 29.9 Å². The summed E-state index contributed by atoms with van der Waals surface area (Å²) in [4.78, 5) is 21.9. The van der Waals surface area contributed by atoms with Gasteiger partial charge in [0.1, 0.15) is 17.8 Å². The minimum absolute atomic E-state index is 0.131. The average molecular weight is 424 g/mol. The third-order valence-corrected chi connectivity index (χ3v) is 4.64. The van der Waals surface area contributed by atoms with Crippen LogP contribution in [0.3, 0.4) is 0 Å². The fourth-order valence-corrected chi connectivity index (χ4v) is 3.12. The molecule has 164 valence electrons. The van der Waals surface area contributed by atoms with Crippen LogP contribution in [-0.2, 0) is 6.42 Å². The molecule has 3 aromatic rings. The van der Waals surface area contributed by atoms with Crippen molar-refractivity contribution in [2.24, 2.45) is 5.73 Å². The molecule has 0 atom stereocenters. The molecular formula is C25H29NO5. The molecule has 31 heavy (non-hydrogen) atoms. The summed E-state index contributed by atoms with van der Waals surface area (Å²) < 4.78 is 10.5. The quantitative estimate of drug-likeness (QED) is 0.398. The molecule has 0 heterocycles. The summed E-state index contributed by atoms with van der Waals surface area (Å²) in [5.41, 5.74) is 7.79. The van der Waals surface area contributed by atoms with Crippen molar-refractivity contribution in [3.05, 3.63) is 71.3 Å². The van der Waals surface area contributed by atoms with Crippen molar-refractivity contribution in [2.75, 3.05) is 20.3 Å². The summed E-state index contributed by atoms with van der Waals surface area (Å²) in [6, 6.07) is 16.7. The van der Waals surface area contributed by atoms with Crippen LogP contribution < -0.4 is 15.2 Å². The predicted octanol–water partition coefficient (Wildman–Crippen LogP) is 4.16. The SMILES string of the molecule is CCCc1ccc2c(C(N)=O)c(OC)ccc2c1.O=Cc1ccc(OCCCO)cc1. The Morgan fingerprint density at radius 1 is 1.10 bits per heavy atom. The van der Waals surface area contributed by atoms with Crippen molar-refractivity contribution in [2.45, 2.75) is 26.2 Å². The van der Waals surface area contributed by atoms with Gasteiger partial charge < -0.3 is 20.3 Å². The zero-order chi connectivity index (χ0) is 22.6. The number of ether oxygens (including phenoxy) is 2. The number of amides is 1. The largest absolute Gasteiger partial charge is 0.496 e. The average Bonchev–Trinajstić information content (AvgIpc) is 2.79. The molecule has 0 radical (unpaired) electrons. The number of nitrogens with two attached hydrogens (primary N) is 1. The van der Waals surface area contributed by atoms with E-state index in [0.717, 1.165) is 35.6 Å². The highest BCUT2D eigenvalue weighted by atomic mass is 16.5. The second kappa shape index (κ2) is 12.3. The second-order valence-corrected chi connectivity index (χ2v) is 6.93. The molecule has 0 saturated heterocycles. The van der Waals surface area contributed by atoms with E-state index < -0.39 is 5.91 Å². The number of aliphatic hydroxyl groups excluding tert-OH is 1. The van der Waals surface area contributed by atoms with E-state index in [9.17, 15) is 9.59 Å². The molecule has 0 aliphatic carbocycles. The van der Waals surface area contributed by atoms with E-state index >= 15 is 0 Å². The Morgan fingerprint density at radius 3 is 2.42 bits per heavy atom. The number of rotatable bonds is 9. The molecular weight excluding hydrogens is 394 g/mol. The molecule has 3 N–H and O–H groups in total. The first-order valence-electron chi connectivity index (χ1n) is 10.2. The van der Waals surface area contributed by atoms with Crippen molar-refractivity contribution < 1.29 is 24.2 Å². The lowest BCUT2D eigenvalue weighted by Crippen LogP contribution is -2.13. The zero-order valence-electron chi connectivity index (χ0n) is 18.0. The number of hydrogen-bond acceptors (Lipinski definition) is 5. The number of methoxy groups -OCH3 is 1. The maximum Gasteiger partial charge on any atom is 0.253 e. The van der Waals surface area contributed by atoms with E-state index in [1.165, 1.54) is 5.56 Å². The molecule has 0 aliphatic heterocycles. The first-order valence-corrected chi connectivity index (χ1v) is 10.2. The maximum absolute atomic E-state index is 11.5. The Morgan fingerprint density at radius 2 is 1.84 bits per heavy atom. The molecule has 0 saturated carbocycles. The number of carbonyl (C=O) groups excluding carboxylic acids is 2. The molecule has 1 amide bonds. The number of aldehydes is 1. The first kappa shape index (κ1) is 23.9. The molecule has 0 unspecified atom stereocenters. The van der Waals surface area contributed by atoms with E-state index in [4.69, 9.17) is 20.3 Å². The smallest absolute Gasteiger partial charge is 0.253 e. The van der Waals surface area contributed by atoms with Gasteiger partial charge in [-0.05, 0) is 53.1 Å². The van der Waals surface area contributed by atoms with Crippen LogP contribution in [0.5, 0.6) is 11.5 Å². The van der Waals surface area contributed by atoms with Crippen molar-refractivity contribution in [3.63, 3.8) is 0 Å². The van der Waals surface area contributed by atoms with Gasteiger partial charge in [0.15, 0.2) is 0 Å². The first-order chi connectivity index (χ1) is 15.0. The van der Waals surface area contributed by atoms with Crippen LogP contribution in [0.25, 0.3) is 10.8 Å². The number of benzene rings is 3. The lowest BCUT2D eigenvalue weighted by atomic mass is 9.99. The highest BCUT2D eigenvalue weighted by Crippen LogP contribution is 2.28. The van der Waals surface area contributed by atoms with Crippen molar-refractivity contribution in [3.8, 4) is 11.5 Å². The van der Waals surface area contributed by atoms with Gasteiger partial charge in [-0.3, -0.25) is 9.59 Å². The second-order valence-electron chi connectivity index (χ2n) is 6.93. The Kier molecular flexibility index (Phi) is 9.52. The number of aliphatic hydroxyl groups is 1. The molecule has 0 aromatic heterocycles. The Balaban J connectivity index is 0.000000233. The topological polar surface area (TPSA) is 98.9 Å². The number of fused-ring (bicyclic) bond motifs is 1. The number of carbonyl (C=O) groups is 2. The summed E-state index contributed by atoms with van der Waals surface area (Å²) in [6.07, 6.45) is 3.55. The number of primary amides is 1. The molecule has 0 spiro atoms. The van der Waals surface area contributed by atoms with Gasteiger partial charge >= 0.3 is 0 Å². The van der Waals surface area contributed by atoms with Crippen molar-refractivity contribution in [1.82, 2.24) is 0 Å². The minimum Gasteiger partial charge on any atom is -0.496 e. The van der Waals surface area contributed by atoms with Crippen LogP contribution in [0.2, 0.25) is 0 Å². The molecule has 0 aliphatic rings. The van der Waals surface area contributed by atoms with Gasteiger partial charge in [-0.2, -0.15) is 0 Å². The monoisotopic (exact) mass is 423 g/mol. The van der Waals surface area contributed by atoms with Crippen LogP contribution in [0.4, 0.5) is 0 Å². The highest BCUT2D eigenvalue weighted by molar-refractivity contribution is 6.08. The van der Waals surface area contributed by atoms with Gasteiger partial charge in [0, 0.05) is 18.6 Å². The van der Waals surface area contributed by atoms with E-state index in [1.807, 2.05) is 18.2 Å². The summed E-state index contributed by atoms with van der Waals surface area (Å²) in [5.74, 6) is 0.790. The summed E-state index contributed by atoms with van der Waals surface area (Å²) in [6.45, 7) is 2.77. The zero-order valence-corrected chi connectivity index (χ0v) is 18.0. The molecule has 0 fully saturated rings. The lowest BCUT2D eigenvalue weighted by molar-refractivity contribution is 0.0998. The van der Waals surface area contributed by atoms with Gasteiger partial charge in [-0.25, -0.2) is 0 Å². The highest BCUT2D eigenvalue weighted by Gasteiger charge is 2.13. The van der Waals surface area contributed by atoms with Crippen molar-refractivity contribution in [1.29, 1.82) is 0 Å². The van der Waals surface area contributed by atoms with Crippen LogP contribution in [0.1, 0.15) is 46.0 Å². The van der Waals surface area contributed by atoms with E-state index in [2.05, 4.69) is 13.0 Å². The summed E-state index contributed by atoms with van der Waals surface area (Å²) in [7, 11) is 1.54. The van der Waals surface area contributed by atoms with Crippen LogP contribution in [0.15, 0.2) is 54.6 Å². The third-order valence-electron chi connectivity index (χ3n) is 4.64. The normalized spacial score (nSPS) is 10.2. The van der Waals surface area contributed by atoms with Crippen LogP contribution in [-0.4, -0.2) is 37.6 Å². The molecule has 3 rings (SSSR count). The van der Waals surface area contributed by atoms with Gasteiger partial charge in [-0.1, -0.05) is 37.6 Å². The number of hydrogen-bond donors (Lipinski definition) is 2. The van der Waals surface area contributed by atoms with E-state index in [1.54, 1.807) is 37.4 Å². The van der Waals surface area contributed by atoms with Crippen LogP contribution in [0, 0.1) is 0 Å². The Labute approximate surface area is 182 Å². The third kappa shape index (κ3) is 6.83. The van der Waals surface area contributed by atoms with Gasteiger partial charge in [0.25, 0.3) is 5.91 Å². The van der Waals surface area contributed by atoms with Gasteiger partial charge in [0.05, 0.1) is 19.3 Å². The fourth-order valence-electron chi connectivity index (χ4n) is 3.12. The molecule has 6 heteroatoms. The summed E-state index contributed by atoms with van der Waals surface area (Å²) >= 11 is 0. The van der Waals surface area contributed by atoms with Crippen LogP contribution >= 0.6 is 0 Å². The number of aryl methyl sites for hydroxylation is 1. The fraction of sp³-hybridized carbons (Fsp3) is 0.280. The minimum atomic E-state index is -0.458. The Hall–Kier alpha value is -3.38. The lowest BCUT2D eigenvalue weighted by Gasteiger charge is -2.10.